The minimum absolute atomic E-state index is 0.616. The van der Waals surface area contributed by atoms with Crippen molar-refractivity contribution in [2.75, 3.05) is 5.32 Å². The summed E-state index contributed by atoms with van der Waals surface area (Å²) in [5.41, 5.74) is 3.40. The van der Waals surface area contributed by atoms with Gasteiger partial charge in [0, 0.05) is 17.1 Å². The van der Waals surface area contributed by atoms with Crippen LogP contribution in [0, 0.1) is 12.8 Å². The lowest BCUT2D eigenvalue weighted by Crippen LogP contribution is -2.26. The van der Waals surface area contributed by atoms with Gasteiger partial charge in [0.25, 0.3) is 0 Å². The predicted octanol–water partition coefficient (Wildman–Crippen LogP) is 4.92. The van der Waals surface area contributed by atoms with Crippen molar-refractivity contribution in [3.05, 3.63) is 36.0 Å². The second-order valence-electron chi connectivity index (χ2n) is 6.10. The number of aryl methyl sites for hydroxylation is 1. The largest absolute Gasteiger partial charge is 0.381 e. The molecule has 0 radical (unpaired) electrons. The molecule has 0 atom stereocenters. The second kappa shape index (κ2) is 5.82. The van der Waals surface area contributed by atoms with E-state index in [1.165, 1.54) is 43.2 Å². The highest BCUT2D eigenvalue weighted by Gasteiger charge is 2.20. The Morgan fingerprint density at radius 3 is 2.65 bits per heavy atom. The molecule has 1 aromatic heterocycles. The Morgan fingerprint density at radius 2 is 1.90 bits per heavy atom. The summed E-state index contributed by atoms with van der Waals surface area (Å²) >= 11 is 0. The van der Waals surface area contributed by atoms with Gasteiger partial charge in [-0.2, -0.15) is 0 Å². The third-order valence-electron chi connectivity index (χ3n) is 4.64. The summed E-state index contributed by atoms with van der Waals surface area (Å²) in [5.74, 6) is 0.945. The zero-order chi connectivity index (χ0) is 13.9. The summed E-state index contributed by atoms with van der Waals surface area (Å²) in [4.78, 5) is 4.71. The van der Waals surface area contributed by atoms with Crippen molar-refractivity contribution < 1.29 is 0 Å². The summed E-state index contributed by atoms with van der Waals surface area (Å²) in [6.07, 6.45) is 6.65. The molecule has 1 aliphatic rings. The molecule has 0 amide bonds. The van der Waals surface area contributed by atoms with Gasteiger partial charge in [-0.1, -0.05) is 31.5 Å². The van der Waals surface area contributed by atoms with Gasteiger partial charge in [-0.3, -0.25) is 4.98 Å². The van der Waals surface area contributed by atoms with Crippen LogP contribution in [0.3, 0.4) is 0 Å². The summed E-state index contributed by atoms with van der Waals surface area (Å²) in [7, 11) is 0. The highest BCUT2D eigenvalue weighted by Crippen LogP contribution is 2.30. The number of fused-ring (bicyclic) bond motifs is 1. The van der Waals surface area contributed by atoms with Gasteiger partial charge < -0.3 is 5.32 Å². The van der Waals surface area contributed by atoms with E-state index in [9.17, 15) is 0 Å². The Morgan fingerprint density at radius 1 is 1.10 bits per heavy atom. The van der Waals surface area contributed by atoms with Crippen molar-refractivity contribution in [1.29, 1.82) is 0 Å². The lowest BCUT2D eigenvalue weighted by Gasteiger charge is -2.29. The number of rotatable bonds is 3. The number of hydrogen-bond acceptors (Lipinski definition) is 2. The molecule has 1 saturated carbocycles. The van der Waals surface area contributed by atoms with Gasteiger partial charge >= 0.3 is 0 Å². The fourth-order valence-electron chi connectivity index (χ4n) is 3.30. The van der Waals surface area contributed by atoms with Crippen LogP contribution in [0.5, 0.6) is 0 Å². The van der Waals surface area contributed by atoms with E-state index in [4.69, 9.17) is 4.98 Å². The smallest absolute Gasteiger partial charge is 0.0936 e. The molecule has 1 fully saturated rings. The first kappa shape index (κ1) is 13.4. The number of nitrogens with zero attached hydrogens (tertiary/aromatic N) is 1. The van der Waals surface area contributed by atoms with Crippen molar-refractivity contribution in [3.8, 4) is 0 Å². The van der Waals surface area contributed by atoms with E-state index in [0.29, 0.717) is 6.04 Å². The van der Waals surface area contributed by atoms with Crippen molar-refractivity contribution in [1.82, 2.24) is 4.98 Å². The number of anilines is 1. The number of para-hydroxylation sites is 1. The fraction of sp³-hybridized carbons (Fsp3) is 0.500. The molecular formula is C18H24N2. The van der Waals surface area contributed by atoms with Crippen molar-refractivity contribution in [3.63, 3.8) is 0 Å². The van der Waals surface area contributed by atoms with Gasteiger partial charge in [0.15, 0.2) is 0 Å². The van der Waals surface area contributed by atoms with E-state index in [1.54, 1.807) is 0 Å². The van der Waals surface area contributed by atoms with Crippen molar-refractivity contribution >= 4 is 16.6 Å². The first-order valence-electron chi connectivity index (χ1n) is 7.89. The van der Waals surface area contributed by atoms with Gasteiger partial charge in [-0.15, -0.1) is 0 Å². The number of aromatic nitrogens is 1. The lowest BCUT2D eigenvalue weighted by molar-refractivity contribution is 0.330. The molecule has 2 nitrogen and oxygen atoms in total. The molecular weight excluding hydrogens is 244 g/mol. The molecule has 106 valence electrons. The molecule has 0 spiro atoms. The molecule has 1 N–H and O–H groups in total. The Labute approximate surface area is 121 Å². The van der Waals surface area contributed by atoms with Crippen molar-refractivity contribution in [2.24, 2.45) is 5.92 Å². The Balaban J connectivity index is 1.79. The Kier molecular flexibility index (Phi) is 3.90. The molecule has 0 unspecified atom stereocenters. The van der Waals surface area contributed by atoms with E-state index in [-0.39, 0.29) is 0 Å². The van der Waals surface area contributed by atoms with Gasteiger partial charge in [0.05, 0.1) is 11.2 Å². The molecule has 0 aliphatic heterocycles. The topological polar surface area (TPSA) is 24.9 Å². The highest BCUT2D eigenvalue weighted by molar-refractivity contribution is 5.90. The monoisotopic (exact) mass is 268 g/mol. The number of hydrogen-bond donors (Lipinski definition) is 1. The van der Waals surface area contributed by atoms with E-state index < -0.39 is 0 Å². The molecule has 3 rings (SSSR count). The van der Waals surface area contributed by atoms with Crippen LogP contribution < -0.4 is 5.32 Å². The highest BCUT2D eigenvalue weighted by atomic mass is 14.9. The van der Waals surface area contributed by atoms with E-state index in [1.807, 2.05) is 0 Å². The molecule has 20 heavy (non-hydrogen) atoms. The summed E-state index contributed by atoms with van der Waals surface area (Å²) in [5, 5.41) is 4.96. The van der Waals surface area contributed by atoms with Gasteiger partial charge in [0.2, 0.25) is 0 Å². The first-order valence-corrected chi connectivity index (χ1v) is 7.89. The molecule has 1 aliphatic carbocycles. The van der Waals surface area contributed by atoms with Gasteiger partial charge in [0.1, 0.15) is 0 Å². The molecule has 2 heteroatoms. The predicted molar refractivity (Wildman–Crippen MR) is 86.1 cm³/mol. The molecule has 1 aromatic carbocycles. The molecule has 2 aromatic rings. The third-order valence-corrected chi connectivity index (χ3v) is 4.64. The minimum atomic E-state index is 0.616. The quantitative estimate of drug-likeness (QED) is 0.854. The molecule has 0 bridgehead atoms. The standard InChI is InChI=1S/C18H24N2/c1-3-14-8-11-16(12-9-14)20-17-6-4-5-15-10-7-13(2)19-18(15)17/h4-7,10,14,16,20H,3,8-9,11-12H2,1-2H3. The van der Waals surface area contributed by atoms with Crippen LogP contribution in [0.15, 0.2) is 30.3 Å². The van der Waals surface area contributed by atoms with Crippen LogP contribution in [-0.2, 0) is 0 Å². The maximum atomic E-state index is 4.71. The van der Waals surface area contributed by atoms with E-state index in [2.05, 4.69) is 49.5 Å². The SMILES string of the molecule is CCC1CCC(Nc2cccc3ccc(C)nc23)CC1. The minimum Gasteiger partial charge on any atom is -0.381 e. The molecule has 0 saturated heterocycles. The fourth-order valence-corrected chi connectivity index (χ4v) is 3.30. The first-order chi connectivity index (χ1) is 9.76. The van der Waals surface area contributed by atoms with Gasteiger partial charge in [-0.25, -0.2) is 0 Å². The summed E-state index contributed by atoms with van der Waals surface area (Å²) < 4.78 is 0. The van der Waals surface area contributed by atoms with Crippen LogP contribution >= 0.6 is 0 Å². The summed E-state index contributed by atoms with van der Waals surface area (Å²) in [6.45, 7) is 4.37. The average molecular weight is 268 g/mol. The zero-order valence-corrected chi connectivity index (χ0v) is 12.5. The maximum Gasteiger partial charge on any atom is 0.0936 e. The van der Waals surface area contributed by atoms with Crippen LogP contribution in [-0.4, -0.2) is 11.0 Å². The lowest BCUT2D eigenvalue weighted by atomic mass is 9.84. The normalized spacial score (nSPS) is 22.9. The maximum absolute atomic E-state index is 4.71. The second-order valence-corrected chi connectivity index (χ2v) is 6.10. The Hall–Kier alpha value is -1.57. The number of pyridine rings is 1. The van der Waals surface area contributed by atoms with Crippen LogP contribution in [0.2, 0.25) is 0 Å². The third kappa shape index (κ3) is 2.79. The molecule has 1 heterocycles. The van der Waals surface area contributed by atoms with E-state index in [0.717, 1.165) is 17.1 Å². The van der Waals surface area contributed by atoms with Gasteiger partial charge in [-0.05, 0) is 50.7 Å². The zero-order valence-electron chi connectivity index (χ0n) is 12.5. The van der Waals surface area contributed by atoms with Crippen LogP contribution in [0.1, 0.15) is 44.7 Å². The Bertz CT molecular complexity index is 583. The number of nitrogens with one attached hydrogen (secondary N) is 1. The average Bonchev–Trinajstić information content (AvgIpc) is 2.49. The summed E-state index contributed by atoms with van der Waals surface area (Å²) in [6, 6.07) is 11.3. The van der Waals surface area contributed by atoms with Crippen LogP contribution in [0.4, 0.5) is 5.69 Å². The van der Waals surface area contributed by atoms with Crippen molar-refractivity contribution in [2.45, 2.75) is 52.0 Å². The van der Waals surface area contributed by atoms with E-state index >= 15 is 0 Å². The number of benzene rings is 1. The van der Waals surface area contributed by atoms with Crippen LogP contribution in [0.25, 0.3) is 10.9 Å².